The number of sulfonamides is 1. The third-order valence-electron chi connectivity index (χ3n) is 4.72. The second-order valence-electron chi connectivity index (χ2n) is 6.88. The molecule has 0 aromatic heterocycles. The zero-order valence-electron chi connectivity index (χ0n) is 15.6. The Labute approximate surface area is 168 Å². The molecule has 0 aliphatic carbocycles. The van der Waals surface area contributed by atoms with Crippen LogP contribution in [0.1, 0.15) is 26.3 Å². The Hall–Kier alpha value is -3.45. The summed E-state index contributed by atoms with van der Waals surface area (Å²) in [6, 6.07) is 22.2. The number of hydrogen-bond acceptors (Lipinski definition) is 4. The predicted molar refractivity (Wildman–Crippen MR) is 111 cm³/mol. The molecule has 6 nitrogen and oxygen atoms in total. The molecule has 1 N–H and O–H groups in total. The van der Waals surface area contributed by atoms with E-state index >= 15 is 0 Å². The molecule has 0 saturated heterocycles. The molecule has 1 aliphatic rings. The first-order chi connectivity index (χ1) is 13.8. The van der Waals surface area contributed by atoms with Gasteiger partial charge in [-0.2, -0.15) is 0 Å². The molecule has 0 fully saturated rings. The second-order valence-corrected chi connectivity index (χ2v) is 8.63. The molecule has 0 saturated carbocycles. The number of nitrogens with one attached hydrogen (secondary N) is 1. The van der Waals surface area contributed by atoms with Gasteiger partial charge in [0.15, 0.2) is 0 Å². The normalized spacial score (nSPS) is 13.3. The van der Waals surface area contributed by atoms with Gasteiger partial charge in [-0.05, 0) is 41.0 Å². The summed E-state index contributed by atoms with van der Waals surface area (Å²) in [4.78, 5) is 26.7. The Kier molecular flexibility index (Phi) is 4.68. The van der Waals surface area contributed by atoms with Gasteiger partial charge in [-0.3, -0.25) is 9.59 Å². The zero-order valence-corrected chi connectivity index (χ0v) is 16.4. The highest BCUT2D eigenvalue weighted by atomic mass is 32.2. The summed E-state index contributed by atoms with van der Waals surface area (Å²) in [6.45, 7) is 0.389. The number of anilines is 1. The van der Waals surface area contributed by atoms with Crippen molar-refractivity contribution in [2.75, 3.05) is 11.2 Å². The van der Waals surface area contributed by atoms with Crippen LogP contribution in [0.25, 0.3) is 11.1 Å². The maximum absolute atomic E-state index is 13.0. The van der Waals surface area contributed by atoms with Crippen molar-refractivity contribution in [1.29, 1.82) is 0 Å². The van der Waals surface area contributed by atoms with Crippen LogP contribution in [0.5, 0.6) is 0 Å². The second kappa shape index (κ2) is 7.18. The molecule has 0 unspecified atom stereocenters. The third-order valence-corrected chi connectivity index (χ3v) is 5.28. The summed E-state index contributed by atoms with van der Waals surface area (Å²) < 4.78 is 24.5. The minimum absolute atomic E-state index is 0.127. The Bertz CT molecular complexity index is 1220. The van der Waals surface area contributed by atoms with E-state index in [0.29, 0.717) is 12.1 Å². The number of fused-ring (bicyclic) bond motifs is 1. The van der Waals surface area contributed by atoms with Crippen LogP contribution in [0.2, 0.25) is 0 Å². The summed E-state index contributed by atoms with van der Waals surface area (Å²) in [5.74, 6) is -0.980. The van der Waals surface area contributed by atoms with Crippen LogP contribution >= 0.6 is 0 Å². The number of hydrogen-bond donors (Lipinski definition) is 1. The van der Waals surface area contributed by atoms with Gasteiger partial charge in [-0.25, -0.2) is 13.1 Å². The van der Waals surface area contributed by atoms with Gasteiger partial charge in [0, 0.05) is 16.8 Å². The fraction of sp³-hybridized carbons (Fsp3) is 0.0909. The number of benzene rings is 3. The Balaban J connectivity index is 1.63. The molecule has 0 bridgehead atoms. The van der Waals surface area contributed by atoms with Gasteiger partial charge in [0.2, 0.25) is 10.0 Å². The monoisotopic (exact) mass is 406 g/mol. The maximum atomic E-state index is 13.0. The van der Waals surface area contributed by atoms with Gasteiger partial charge in [-0.15, -0.1) is 0 Å². The summed E-state index contributed by atoms with van der Waals surface area (Å²) in [5, 5.41) is 0. The molecule has 7 heteroatoms. The van der Waals surface area contributed by atoms with E-state index in [4.69, 9.17) is 0 Å². The lowest BCUT2D eigenvalue weighted by Gasteiger charge is -2.17. The quantitative estimate of drug-likeness (QED) is 0.721. The number of carbonyl (C=O) groups is 2. The molecule has 2 amide bonds. The number of carbonyl (C=O) groups excluding carboxylic acids is 2. The zero-order chi connectivity index (χ0) is 20.6. The average molecular weight is 406 g/mol. The first kappa shape index (κ1) is 18.9. The minimum atomic E-state index is -3.68. The topological polar surface area (TPSA) is 83.5 Å². The van der Waals surface area contributed by atoms with E-state index in [0.717, 1.165) is 28.6 Å². The van der Waals surface area contributed by atoms with Crippen LogP contribution in [0, 0.1) is 0 Å². The van der Waals surface area contributed by atoms with Gasteiger partial charge in [0.1, 0.15) is 0 Å². The molecule has 29 heavy (non-hydrogen) atoms. The highest BCUT2D eigenvalue weighted by Gasteiger charge is 2.29. The lowest BCUT2D eigenvalue weighted by atomic mass is 10.1. The van der Waals surface area contributed by atoms with E-state index < -0.39 is 15.9 Å². The Morgan fingerprint density at radius 2 is 1.66 bits per heavy atom. The molecular formula is C22H18N2O4S. The lowest BCUT2D eigenvalue weighted by Crippen LogP contribution is -2.29. The van der Waals surface area contributed by atoms with Crippen molar-refractivity contribution in [3.63, 3.8) is 0 Å². The summed E-state index contributed by atoms with van der Waals surface area (Å²) in [6.07, 6.45) is 0.908. The van der Waals surface area contributed by atoms with E-state index in [1.54, 1.807) is 11.0 Å². The minimum Gasteiger partial charge on any atom is -0.304 e. The van der Waals surface area contributed by atoms with E-state index in [1.165, 1.54) is 12.1 Å². The van der Waals surface area contributed by atoms with Gasteiger partial charge < -0.3 is 4.90 Å². The van der Waals surface area contributed by atoms with Crippen molar-refractivity contribution < 1.29 is 18.0 Å². The molecule has 3 aromatic rings. The van der Waals surface area contributed by atoms with Crippen molar-refractivity contribution in [2.45, 2.75) is 6.54 Å². The summed E-state index contributed by atoms with van der Waals surface area (Å²) in [7, 11) is -3.68. The number of amides is 2. The fourth-order valence-electron chi connectivity index (χ4n) is 3.36. The van der Waals surface area contributed by atoms with E-state index in [1.807, 2.05) is 59.3 Å². The Morgan fingerprint density at radius 3 is 2.38 bits per heavy atom. The average Bonchev–Trinajstić information content (AvgIpc) is 3.03. The van der Waals surface area contributed by atoms with Crippen molar-refractivity contribution in [2.24, 2.45) is 0 Å². The van der Waals surface area contributed by atoms with Crippen molar-refractivity contribution in [1.82, 2.24) is 4.72 Å². The van der Waals surface area contributed by atoms with Gasteiger partial charge in [0.05, 0.1) is 12.8 Å². The van der Waals surface area contributed by atoms with E-state index in [9.17, 15) is 18.0 Å². The van der Waals surface area contributed by atoms with Crippen LogP contribution in [0.15, 0.2) is 72.8 Å². The number of nitrogens with zero attached hydrogens (tertiary/aromatic N) is 1. The third kappa shape index (κ3) is 3.90. The predicted octanol–water partition coefficient (Wildman–Crippen LogP) is 3.20. The fourth-order valence-corrected chi connectivity index (χ4v) is 3.82. The SMILES string of the molecule is CS(=O)(=O)NC(=O)c1ccc2c(c1)C(=O)N(c1cccc(-c3ccccc3)c1)C2. The number of rotatable bonds is 4. The molecule has 0 radical (unpaired) electrons. The van der Waals surface area contributed by atoms with Crippen LogP contribution in [-0.4, -0.2) is 26.5 Å². The molecule has 4 rings (SSSR count). The molecule has 3 aromatic carbocycles. The van der Waals surface area contributed by atoms with E-state index in [2.05, 4.69) is 0 Å². The molecule has 0 spiro atoms. The van der Waals surface area contributed by atoms with Crippen molar-refractivity contribution >= 4 is 27.5 Å². The highest BCUT2D eigenvalue weighted by molar-refractivity contribution is 7.89. The van der Waals surface area contributed by atoms with Crippen molar-refractivity contribution in [3.05, 3.63) is 89.5 Å². The van der Waals surface area contributed by atoms with Gasteiger partial charge >= 0.3 is 0 Å². The Morgan fingerprint density at radius 1 is 0.931 bits per heavy atom. The standard InChI is InChI=1S/C22H18N2O4S/c1-29(27,28)23-21(25)17-10-11-18-14-24(22(26)20(18)13-17)19-9-5-8-16(12-19)15-6-3-2-4-7-15/h2-13H,14H2,1H3,(H,23,25). The van der Waals surface area contributed by atoms with Crippen LogP contribution in [0.3, 0.4) is 0 Å². The summed E-state index contributed by atoms with van der Waals surface area (Å²) >= 11 is 0. The van der Waals surface area contributed by atoms with Gasteiger partial charge in [0.25, 0.3) is 11.8 Å². The maximum Gasteiger partial charge on any atom is 0.264 e. The van der Waals surface area contributed by atoms with Crippen LogP contribution < -0.4 is 9.62 Å². The molecule has 146 valence electrons. The smallest absolute Gasteiger partial charge is 0.264 e. The van der Waals surface area contributed by atoms with Crippen LogP contribution in [-0.2, 0) is 16.6 Å². The van der Waals surface area contributed by atoms with Gasteiger partial charge in [-0.1, -0.05) is 48.5 Å². The van der Waals surface area contributed by atoms with Crippen LogP contribution in [0.4, 0.5) is 5.69 Å². The first-order valence-electron chi connectivity index (χ1n) is 8.94. The van der Waals surface area contributed by atoms with E-state index in [-0.39, 0.29) is 11.5 Å². The molecular weight excluding hydrogens is 388 g/mol. The highest BCUT2D eigenvalue weighted by Crippen LogP contribution is 2.31. The largest absolute Gasteiger partial charge is 0.304 e. The summed E-state index contributed by atoms with van der Waals surface area (Å²) in [5.41, 5.74) is 4.13. The lowest BCUT2D eigenvalue weighted by molar-refractivity contribution is 0.0981. The molecule has 1 aliphatic heterocycles. The molecule has 1 heterocycles. The molecule has 0 atom stereocenters. The van der Waals surface area contributed by atoms with Crippen molar-refractivity contribution in [3.8, 4) is 11.1 Å². The first-order valence-corrected chi connectivity index (χ1v) is 10.8.